The third-order valence-corrected chi connectivity index (χ3v) is 3.22. The highest BCUT2D eigenvalue weighted by Crippen LogP contribution is 2.08. The molecule has 22 heavy (non-hydrogen) atoms. The molecule has 0 fully saturated rings. The van der Waals surface area contributed by atoms with Crippen LogP contribution in [0.3, 0.4) is 0 Å². The van der Waals surface area contributed by atoms with E-state index in [-0.39, 0.29) is 12.1 Å². The van der Waals surface area contributed by atoms with Gasteiger partial charge in [-0.3, -0.25) is 9.59 Å². The fourth-order valence-electron chi connectivity index (χ4n) is 2.15. The largest absolute Gasteiger partial charge is 0.465 e. The van der Waals surface area contributed by atoms with E-state index in [9.17, 15) is 9.59 Å². The Kier molecular flexibility index (Phi) is 5.31. The smallest absolute Gasteiger partial charge is 0.326 e. The lowest BCUT2D eigenvalue weighted by Gasteiger charge is -2.09. The second-order valence-electron chi connectivity index (χ2n) is 4.90. The predicted octanol–water partition coefficient (Wildman–Crippen LogP) is 2.89. The van der Waals surface area contributed by atoms with Crippen LogP contribution in [-0.2, 0) is 16.1 Å². The maximum atomic E-state index is 12.1. The van der Waals surface area contributed by atoms with E-state index in [1.54, 1.807) is 13.8 Å². The topological polar surface area (TPSA) is 48.3 Å². The van der Waals surface area contributed by atoms with Crippen molar-refractivity contribution in [3.63, 3.8) is 0 Å². The van der Waals surface area contributed by atoms with Crippen molar-refractivity contribution in [2.45, 2.75) is 20.4 Å². The summed E-state index contributed by atoms with van der Waals surface area (Å²) in [6.07, 6.45) is 3.84. The van der Waals surface area contributed by atoms with E-state index in [4.69, 9.17) is 4.74 Å². The van der Waals surface area contributed by atoms with Crippen molar-refractivity contribution in [1.29, 1.82) is 0 Å². The van der Waals surface area contributed by atoms with E-state index < -0.39 is 5.97 Å². The Morgan fingerprint density at radius 1 is 1.14 bits per heavy atom. The molecule has 4 heteroatoms. The summed E-state index contributed by atoms with van der Waals surface area (Å²) in [6.45, 7) is 3.80. The number of rotatable bonds is 5. The lowest BCUT2D eigenvalue weighted by molar-refractivity contribution is -0.143. The highest BCUT2D eigenvalue weighted by molar-refractivity contribution is 5.70. The van der Waals surface area contributed by atoms with Gasteiger partial charge in [-0.25, -0.2) is 0 Å². The van der Waals surface area contributed by atoms with Crippen LogP contribution in [0.2, 0.25) is 0 Å². The lowest BCUT2D eigenvalue weighted by atomic mass is 10.1. The van der Waals surface area contributed by atoms with Gasteiger partial charge in [0.1, 0.15) is 6.54 Å². The van der Waals surface area contributed by atoms with Gasteiger partial charge in [-0.1, -0.05) is 42.5 Å². The molecule has 4 nitrogen and oxygen atoms in total. The van der Waals surface area contributed by atoms with Gasteiger partial charge in [0.15, 0.2) is 0 Å². The van der Waals surface area contributed by atoms with Crippen molar-refractivity contribution in [2.24, 2.45) is 0 Å². The fraction of sp³-hybridized carbons (Fsp3) is 0.222. The Balaban J connectivity index is 2.21. The molecule has 0 unspecified atom stereocenters. The van der Waals surface area contributed by atoms with Crippen LogP contribution in [0.15, 0.2) is 47.3 Å². The van der Waals surface area contributed by atoms with Gasteiger partial charge in [-0.2, -0.15) is 0 Å². The highest BCUT2D eigenvalue weighted by atomic mass is 16.5. The summed E-state index contributed by atoms with van der Waals surface area (Å²) in [7, 11) is 0. The first-order valence-corrected chi connectivity index (χ1v) is 7.20. The number of hydrogen-bond acceptors (Lipinski definition) is 3. The van der Waals surface area contributed by atoms with Gasteiger partial charge in [0.25, 0.3) is 5.56 Å². The highest BCUT2D eigenvalue weighted by Gasteiger charge is 2.08. The first-order chi connectivity index (χ1) is 10.6. The van der Waals surface area contributed by atoms with Crippen LogP contribution in [0, 0.1) is 6.92 Å². The van der Waals surface area contributed by atoms with E-state index in [1.807, 2.05) is 48.6 Å². The Bertz CT molecular complexity index is 730. The van der Waals surface area contributed by atoms with Gasteiger partial charge in [0, 0.05) is 11.8 Å². The molecule has 0 spiro atoms. The summed E-state index contributed by atoms with van der Waals surface area (Å²) in [4.78, 5) is 23.6. The van der Waals surface area contributed by atoms with E-state index in [0.717, 1.165) is 16.8 Å². The minimum absolute atomic E-state index is 0.0544. The molecule has 0 aliphatic carbocycles. The van der Waals surface area contributed by atoms with Crippen LogP contribution in [0.5, 0.6) is 0 Å². The second-order valence-corrected chi connectivity index (χ2v) is 4.90. The maximum absolute atomic E-state index is 12.1. The van der Waals surface area contributed by atoms with Crippen molar-refractivity contribution in [2.75, 3.05) is 6.61 Å². The van der Waals surface area contributed by atoms with E-state index >= 15 is 0 Å². The summed E-state index contributed by atoms with van der Waals surface area (Å²) >= 11 is 0. The normalized spacial score (nSPS) is 10.8. The first kappa shape index (κ1) is 15.8. The monoisotopic (exact) mass is 297 g/mol. The lowest BCUT2D eigenvalue weighted by Crippen LogP contribution is -2.26. The predicted molar refractivity (Wildman–Crippen MR) is 87.4 cm³/mol. The van der Waals surface area contributed by atoms with E-state index in [0.29, 0.717) is 6.61 Å². The number of pyridine rings is 1. The average Bonchev–Trinajstić information content (AvgIpc) is 2.50. The number of hydrogen-bond donors (Lipinski definition) is 0. The van der Waals surface area contributed by atoms with Crippen LogP contribution >= 0.6 is 0 Å². The standard InChI is InChI=1S/C18H19NO3/c1-3-22-18(21)13-19-14(2)11-16(12-17(19)20)10-9-15-7-5-4-6-8-15/h4-12H,3,13H2,1-2H3/b10-9-. The molecule has 0 amide bonds. The molecule has 0 N–H and O–H groups in total. The Morgan fingerprint density at radius 3 is 2.45 bits per heavy atom. The average molecular weight is 297 g/mol. The quantitative estimate of drug-likeness (QED) is 0.797. The number of aromatic nitrogens is 1. The van der Waals surface area contributed by atoms with E-state index in [1.165, 1.54) is 10.6 Å². The molecule has 0 aliphatic rings. The van der Waals surface area contributed by atoms with Crippen molar-refractivity contribution < 1.29 is 9.53 Å². The van der Waals surface area contributed by atoms with Crippen LogP contribution in [0.1, 0.15) is 23.7 Å². The fourth-order valence-corrected chi connectivity index (χ4v) is 2.15. The van der Waals surface area contributed by atoms with Crippen LogP contribution in [0.4, 0.5) is 0 Å². The van der Waals surface area contributed by atoms with Crippen molar-refractivity contribution in [3.8, 4) is 0 Å². The van der Waals surface area contributed by atoms with E-state index in [2.05, 4.69) is 0 Å². The minimum Gasteiger partial charge on any atom is -0.465 e. The summed E-state index contributed by atoms with van der Waals surface area (Å²) < 4.78 is 6.29. The molecule has 1 aromatic carbocycles. The number of carbonyl (C=O) groups is 1. The molecule has 1 heterocycles. The van der Waals surface area contributed by atoms with Gasteiger partial charge in [0.2, 0.25) is 0 Å². The summed E-state index contributed by atoms with van der Waals surface area (Å²) in [5, 5.41) is 0. The number of ether oxygens (including phenoxy) is 1. The van der Waals surface area contributed by atoms with Gasteiger partial charge >= 0.3 is 5.97 Å². The van der Waals surface area contributed by atoms with Crippen molar-refractivity contribution >= 4 is 18.1 Å². The van der Waals surface area contributed by atoms with Crippen LogP contribution in [0.25, 0.3) is 12.2 Å². The molecule has 0 aliphatic heterocycles. The Hall–Kier alpha value is -2.62. The van der Waals surface area contributed by atoms with Crippen LogP contribution < -0.4 is 5.56 Å². The molecule has 1 aromatic heterocycles. The molecular weight excluding hydrogens is 278 g/mol. The second kappa shape index (κ2) is 7.41. The van der Waals surface area contributed by atoms with Gasteiger partial charge in [-0.05, 0) is 31.0 Å². The van der Waals surface area contributed by atoms with Gasteiger partial charge in [0.05, 0.1) is 6.61 Å². The number of esters is 1. The minimum atomic E-state index is -0.403. The zero-order chi connectivity index (χ0) is 15.9. The zero-order valence-electron chi connectivity index (χ0n) is 12.8. The first-order valence-electron chi connectivity index (χ1n) is 7.20. The Morgan fingerprint density at radius 2 is 1.82 bits per heavy atom. The molecule has 0 radical (unpaired) electrons. The number of nitrogens with zero attached hydrogens (tertiary/aromatic N) is 1. The molecule has 0 saturated heterocycles. The summed E-state index contributed by atoms with van der Waals surface area (Å²) in [5.74, 6) is -0.403. The Labute approximate surface area is 129 Å². The third-order valence-electron chi connectivity index (χ3n) is 3.22. The molecule has 0 saturated carbocycles. The summed E-state index contributed by atoms with van der Waals surface area (Å²) in [5.41, 5.74) is 2.40. The van der Waals surface area contributed by atoms with Crippen molar-refractivity contribution in [1.82, 2.24) is 4.57 Å². The molecule has 114 valence electrons. The number of aryl methyl sites for hydroxylation is 1. The van der Waals surface area contributed by atoms with Gasteiger partial charge < -0.3 is 9.30 Å². The molecular formula is C18H19NO3. The SMILES string of the molecule is CCOC(=O)Cn1c(C)cc(/C=C\c2ccccc2)cc1=O. The number of benzene rings is 1. The third kappa shape index (κ3) is 4.19. The maximum Gasteiger partial charge on any atom is 0.326 e. The summed E-state index contributed by atoms with van der Waals surface area (Å²) in [6, 6.07) is 13.3. The molecule has 0 bridgehead atoms. The number of carbonyl (C=O) groups excluding carboxylic acids is 1. The van der Waals surface area contributed by atoms with Crippen molar-refractivity contribution in [3.05, 3.63) is 69.6 Å². The molecule has 2 aromatic rings. The molecule has 0 atom stereocenters. The zero-order valence-corrected chi connectivity index (χ0v) is 12.8. The molecule has 2 rings (SSSR count). The van der Waals surface area contributed by atoms with Crippen LogP contribution in [-0.4, -0.2) is 17.1 Å². The van der Waals surface area contributed by atoms with Gasteiger partial charge in [-0.15, -0.1) is 0 Å².